The lowest BCUT2D eigenvalue weighted by molar-refractivity contribution is -0.186. The Hall–Kier alpha value is -2.08. The van der Waals surface area contributed by atoms with E-state index in [9.17, 15) is 24.6 Å². The molecule has 0 amide bonds. The Morgan fingerprint density at radius 3 is 2.49 bits per heavy atom. The Morgan fingerprint density at radius 1 is 1.19 bits per heavy atom. The summed E-state index contributed by atoms with van der Waals surface area (Å²) in [5.74, 6) is -0.643. The minimum Gasteiger partial charge on any atom is -0.393 e. The highest BCUT2D eigenvalue weighted by atomic mass is 32.1. The van der Waals surface area contributed by atoms with Crippen molar-refractivity contribution in [2.75, 3.05) is 32.7 Å². The van der Waals surface area contributed by atoms with Crippen molar-refractivity contribution in [2.45, 2.75) is 70.5 Å². The van der Waals surface area contributed by atoms with Gasteiger partial charge >= 0.3 is 0 Å². The summed E-state index contributed by atoms with van der Waals surface area (Å²) in [7, 11) is 0. The molecule has 0 bridgehead atoms. The molecule has 37 heavy (non-hydrogen) atoms. The largest absolute Gasteiger partial charge is 0.393 e. The normalized spacial score (nSPS) is 21.3. The molecule has 0 aromatic heterocycles. The van der Waals surface area contributed by atoms with E-state index in [2.05, 4.69) is 29.4 Å². The van der Waals surface area contributed by atoms with E-state index in [1.807, 2.05) is 24.3 Å². The highest BCUT2D eigenvalue weighted by Crippen LogP contribution is 2.18. The van der Waals surface area contributed by atoms with Crippen molar-refractivity contribution in [3.63, 3.8) is 0 Å². The standard InChI is InChI=1S/C27H41N3O6S/c1-3-30(4-2)17-22(28-15-24(34)12-20(18-32)9-10-31)11-19-5-7-21(8-6-19)27(37)29-16-25-13-23(33)14-26(35)36-25/h5-8,10,18,20,22-23,25-26,28,33,35H,3-4,9,11-17H2,1-2H3,(H,29,37)/t20-,22?,23-,25-,26?/m0/s1. The monoisotopic (exact) mass is 535 g/mol. The molecule has 1 heterocycles. The molecular weight excluding hydrogens is 494 g/mol. The summed E-state index contributed by atoms with van der Waals surface area (Å²) in [6.45, 7) is 7.31. The van der Waals surface area contributed by atoms with Gasteiger partial charge in [-0.05, 0) is 25.1 Å². The number of nitrogens with zero attached hydrogens (tertiary/aromatic N) is 1. The highest BCUT2D eigenvalue weighted by Gasteiger charge is 2.27. The van der Waals surface area contributed by atoms with E-state index in [4.69, 9.17) is 17.0 Å². The van der Waals surface area contributed by atoms with Gasteiger partial charge < -0.3 is 40.1 Å². The van der Waals surface area contributed by atoms with Crippen LogP contribution in [-0.2, 0) is 25.5 Å². The second kappa shape index (κ2) is 16.7. The predicted molar refractivity (Wildman–Crippen MR) is 145 cm³/mol. The topological polar surface area (TPSA) is 128 Å². The van der Waals surface area contributed by atoms with Gasteiger partial charge in [-0.2, -0.15) is 0 Å². The average Bonchev–Trinajstić information content (AvgIpc) is 2.88. The number of carbonyl (C=O) groups is 3. The van der Waals surface area contributed by atoms with Crippen LogP contribution in [-0.4, -0.2) is 95.7 Å². The van der Waals surface area contributed by atoms with Gasteiger partial charge in [0.2, 0.25) is 0 Å². The van der Waals surface area contributed by atoms with E-state index in [1.165, 1.54) is 0 Å². The minimum atomic E-state index is -0.959. The number of aldehydes is 2. The van der Waals surface area contributed by atoms with Crippen LogP contribution in [0.5, 0.6) is 0 Å². The maximum absolute atomic E-state index is 12.4. The molecule has 0 radical (unpaired) electrons. The van der Waals surface area contributed by atoms with Crippen LogP contribution < -0.4 is 10.6 Å². The molecule has 1 fully saturated rings. The first-order chi connectivity index (χ1) is 17.8. The van der Waals surface area contributed by atoms with Crippen LogP contribution in [0.2, 0.25) is 0 Å². The van der Waals surface area contributed by atoms with Gasteiger partial charge in [0.25, 0.3) is 0 Å². The minimum absolute atomic E-state index is 0.0295. The van der Waals surface area contributed by atoms with Crippen molar-refractivity contribution >= 4 is 35.6 Å². The summed E-state index contributed by atoms with van der Waals surface area (Å²) in [5.41, 5.74) is 1.95. The molecule has 2 rings (SSSR count). The summed E-state index contributed by atoms with van der Waals surface area (Å²) in [6, 6.07) is 7.95. The van der Waals surface area contributed by atoms with Crippen LogP contribution in [0.25, 0.3) is 0 Å². The maximum atomic E-state index is 12.4. The molecule has 9 nitrogen and oxygen atoms in total. The smallest absolute Gasteiger partial charge is 0.157 e. The second-order valence-corrected chi connectivity index (χ2v) is 9.96. The number of aliphatic hydroxyl groups is 2. The second-order valence-electron chi connectivity index (χ2n) is 9.55. The number of nitrogens with one attached hydrogen (secondary N) is 2. The molecule has 0 aliphatic carbocycles. The van der Waals surface area contributed by atoms with Gasteiger partial charge in [0.05, 0.1) is 18.8 Å². The third-order valence-electron chi connectivity index (χ3n) is 6.59. The SMILES string of the molecule is CCN(CC)CC(Cc1ccc(C(=S)NC[C@@H]2C[C@H](O)CC(O)O2)cc1)NCC(=O)C[C@@H](C=O)CC=O. The average molecular weight is 536 g/mol. The number of carbonyl (C=O) groups excluding carboxylic acids is 3. The molecule has 1 aromatic rings. The van der Waals surface area contributed by atoms with Crippen LogP contribution in [0.15, 0.2) is 24.3 Å². The molecule has 1 aromatic carbocycles. The number of rotatable bonds is 17. The van der Waals surface area contributed by atoms with Crippen LogP contribution in [0.1, 0.15) is 50.7 Å². The fourth-order valence-electron chi connectivity index (χ4n) is 4.41. The number of likely N-dealkylation sites (N-methyl/N-ethyl adjacent to an activating group) is 1. The quantitative estimate of drug-likeness (QED) is 0.170. The van der Waals surface area contributed by atoms with Crippen LogP contribution in [0.3, 0.4) is 0 Å². The Labute approximate surface area is 224 Å². The van der Waals surface area contributed by atoms with Gasteiger partial charge in [-0.25, -0.2) is 0 Å². The lowest BCUT2D eigenvalue weighted by Crippen LogP contribution is -2.44. The Kier molecular flexibility index (Phi) is 14.1. The number of Topliss-reactive ketones (excluding diaryl/α,β-unsaturated/α-hetero) is 1. The Morgan fingerprint density at radius 2 is 1.89 bits per heavy atom. The molecule has 0 saturated carbocycles. The third kappa shape index (κ3) is 11.5. The van der Waals surface area contributed by atoms with Gasteiger partial charge in [-0.1, -0.05) is 50.3 Å². The van der Waals surface area contributed by atoms with Gasteiger partial charge in [-0.15, -0.1) is 0 Å². The van der Waals surface area contributed by atoms with E-state index in [1.54, 1.807) is 0 Å². The number of benzene rings is 1. The number of hydrogen-bond donors (Lipinski definition) is 4. The summed E-state index contributed by atoms with van der Waals surface area (Å²) in [6.07, 6.45) is 1.00. The molecule has 1 aliphatic rings. The van der Waals surface area contributed by atoms with Crippen LogP contribution in [0, 0.1) is 5.92 Å². The summed E-state index contributed by atoms with van der Waals surface area (Å²) < 4.78 is 5.44. The van der Waals surface area contributed by atoms with Gasteiger partial charge in [0, 0.05) is 56.3 Å². The van der Waals surface area contributed by atoms with Crippen molar-refractivity contribution in [1.82, 2.24) is 15.5 Å². The van der Waals surface area contributed by atoms with E-state index in [-0.39, 0.29) is 43.7 Å². The fourth-order valence-corrected chi connectivity index (χ4v) is 4.63. The first-order valence-corrected chi connectivity index (χ1v) is 13.4. The van der Waals surface area contributed by atoms with E-state index >= 15 is 0 Å². The molecular formula is C27H41N3O6S. The van der Waals surface area contributed by atoms with Crippen LogP contribution >= 0.6 is 12.2 Å². The first-order valence-electron chi connectivity index (χ1n) is 13.0. The summed E-state index contributed by atoms with van der Waals surface area (Å²) in [5, 5.41) is 26.0. The lowest BCUT2D eigenvalue weighted by Gasteiger charge is -2.30. The van der Waals surface area contributed by atoms with E-state index in [0.29, 0.717) is 36.9 Å². The highest BCUT2D eigenvalue weighted by molar-refractivity contribution is 7.80. The van der Waals surface area contributed by atoms with Crippen molar-refractivity contribution < 1.29 is 29.3 Å². The maximum Gasteiger partial charge on any atom is 0.157 e. The van der Waals surface area contributed by atoms with Crippen molar-refractivity contribution in [3.8, 4) is 0 Å². The summed E-state index contributed by atoms with van der Waals surface area (Å²) in [4.78, 5) is 37.0. The lowest BCUT2D eigenvalue weighted by atomic mass is 10.00. The van der Waals surface area contributed by atoms with E-state index < -0.39 is 18.3 Å². The van der Waals surface area contributed by atoms with Crippen molar-refractivity contribution in [3.05, 3.63) is 35.4 Å². The Bertz CT molecular complexity index is 854. The predicted octanol–water partition coefficient (Wildman–Crippen LogP) is 1.02. The zero-order valence-corrected chi connectivity index (χ0v) is 22.6. The fraction of sp³-hybridized carbons (Fsp3) is 0.630. The Balaban J connectivity index is 1.93. The molecule has 0 spiro atoms. The van der Waals surface area contributed by atoms with Gasteiger partial charge in [0.15, 0.2) is 6.29 Å². The number of ketones is 1. The number of thiocarbonyl (C=S) groups is 1. The molecule has 5 atom stereocenters. The molecule has 206 valence electrons. The van der Waals surface area contributed by atoms with Crippen LogP contribution in [0.4, 0.5) is 0 Å². The number of ether oxygens (including phenoxy) is 1. The van der Waals surface area contributed by atoms with Crippen molar-refractivity contribution in [1.29, 1.82) is 0 Å². The van der Waals surface area contributed by atoms with E-state index in [0.717, 1.165) is 30.8 Å². The molecule has 4 N–H and O–H groups in total. The van der Waals surface area contributed by atoms with Gasteiger partial charge in [-0.3, -0.25) is 4.79 Å². The molecule has 1 saturated heterocycles. The van der Waals surface area contributed by atoms with Crippen molar-refractivity contribution in [2.24, 2.45) is 5.92 Å². The molecule has 1 aliphatic heterocycles. The zero-order valence-electron chi connectivity index (χ0n) is 21.8. The zero-order chi connectivity index (χ0) is 27.2. The summed E-state index contributed by atoms with van der Waals surface area (Å²) >= 11 is 5.51. The van der Waals surface area contributed by atoms with Gasteiger partial charge in [0.1, 0.15) is 23.3 Å². The number of hydrogen-bond acceptors (Lipinski definition) is 9. The third-order valence-corrected chi connectivity index (χ3v) is 6.97. The first kappa shape index (κ1) is 31.1. The molecule has 10 heteroatoms. The molecule has 2 unspecified atom stereocenters. The number of aliphatic hydroxyl groups excluding tert-OH is 2.